The third-order valence-electron chi connectivity index (χ3n) is 4.51. The Kier molecular flexibility index (Phi) is 4.97. The number of halogens is 1. The first-order valence-corrected chi connectivity index (χ1v) is 8.73. The number of aromatic nitrogens is 2. The highest BCUT2D eigenvalue weighted by atomic mass is 19.1. The van der Waals surface area contributed by atoms with Crippen LogP contribution < -0.4 is 0 Å². The van der Waals surface area contributed by atoms with Crippen LogP contribution in [0.15, 0.2) is 71.3 Å². The second-order valence-corrected chi connectivity index (χ2v) is 6.26. The first-order chi connectivity index (χ1) is 13.7. The summed E-state index contributed by atoms with van der Waals surface area (Å²) in [7, 11) is 0. The van der Waals surface area contributed by atoms with Gasteiger partial charge in [-0.2, -0.15) is 4.98 Å². The van der Waals surface area contributed by atoms with E-state index in [4.69, 9.17) is 9.63 Å². The maximum absolute atomic E-state index is 15.1. The lowest BCUT2D eigenvalue weighted by Crippen LogP contribution is -1.98. The van der Waals surface area contributed by atoms with Gasteiger partial charge in [-0.25, -0.2) is 4.39 Å². The number of hydrogen-bond acceptors (Lipinski definition) is 5. The van der Waals surface area contributed by atoms with Crippen molar-refractivity contribution >= 4 is 0 Å². The largest absolute Gasteiger partial charge is 0.392 e. The summed E-state index contributed by atoms with van der Waals surface area (Å²) >= 11 is 0. The molecule has 1 aromatic heterocycles. The van der Waals surface area contributed by atoms with Gasteiger partial charge in [0, 0.05) is 11.1 Å². The molecule has 0 bridgehead atoms. The van der Waals surface area contributed by atoms with Crippen LogP contribution in [-0.4, -0.2) is 20.4 Å². The lowest BCUT2D eigenvalue weighted by Gasteiger charge is -2.10. The summed E-state index contributed by atoms with van der Waals surface area (Å²) in [5, 5.41) is 22.6. The van der Waals surface area contributed by atoms with Crippen LogP contribution in [0.5, 0.6) is 0 Å². The van der Waals surface area contributed by atoms with Gasteiger partial charge >= 0.3 is 0 Å². The quantitative estimate of drug-likeness (QED) is 0.546. The van der Waals surface area contributed by atoms with Gasteiger partial charge in [0.05, 0.1) is 18.8 Å². The van der Waals surface area contributed by atoms with Crippen LogP contribution in [0.25, 0.3) is 34.0 Å². The molecule has 3 aromatic carbocycles. The molecule has 6 heteroatoms. The molecule has 0 aliphatic heterocycles. The zero-order valence-electron chi connectivity index (χ0n) is 14.8. The molecule has 0 aliphatic carbocycles. The standard InChI is InChI=1S/C22H17FN2O3/c23-20-17(13-27)10-11-18(15-4-2-1-3-5-15)19(20)21-24-22(28-25-21)16-8-6-14(12-26)7-9-16/h1-11,26-27H,12-13H2. The van der Waals surface area contributed by atoms with Crippen molar-refractivity contribution < 1.29 is 19.1 Å². The fraction of sp³-hybridized carbons (Fsp3) is 0.0909. The molecule has 4 rings (SSSR count). The summed E-state index contributed by atoms with van der Waals surface area (Å²) in [6, 6.07) is 19.6. The summed E-state index contributed by atoms with van der Waals surface area (Å²) in [5.41, 5.74) is 3.18. The van der Waals surface area contributed by atoms with Crippen LogP contribution in [0.3, 0.4) is 0 Å². The van der Waals surface area contributed by atoms with Crippen molar-refractivity contribution in [3.63, 3.8) is 0 Å². The highest BCUT2D eigenvalue weighted by Gasteiger charge is 2.21. The molecule has 4 aromatic rings. The second kappa shape index (κ2) is 7.72. The van der Waals surface area contributed by atoms with Gasteiger partial charge < -0.3 is 14.7 Å². The van der Waals surface area contributed by atoms with Gasteiger partial charge in [0.25, 0.3) is 5.89 Å². The Morgan fingerprint density at radius 2 is 1.57 bits per heavy atom. The van der Waals surface area contributed by atoms with E-state index in [2.05, 4.69) is 10.1 Å². The van der Waals surface area contributed by atoms with Crippen molar-refractivity contribution in [3.8, 4) is 34.0 Å². The highest BCUT2D eigenvalue weighted by molar-refractivity contribution is 5.82. The first-order valence-electron chi connectivity index (χ1n) is 8.73. The molecule has 0 saturated carbocycles. The zero-order valence-corrected chi connectivity index (χ0v) is 14.8. The fourth-order valence-corrected chi connectivity index (χ4v) is 3.01. The molecule has 0 fully saturated rings. The summed E-state index contributed by atoms with van der Waals surface area (Å²) in [4.78, 5) is 4.37. The Bertz CT molecular complexity index is 1090. The van der Waals surface area contributed by atoms with Gasteiger partial charge in [-0.1, -0.05) is 59.8 Å². The Labute approximate surface area is 160 Å². The molecule has 140 valence electrons. The van der Waals surface area contributed by atoms with Crippen LogP contribution in [-0.2, 0) is 13.2 Å². The van der Waals surface area contributed by atoms with E-state index in [0.29, 0.717) is 11.1 Å². The van der Waals surface area contributed by atoms with E-state index in [0.717, 1.165) is 11.1 Å². The molecule has 0 spiro atoms. The average molecular weight is 376 g/mol. The van der Waals surface area contributed by atoms with E-state index < -0.39 is 12.4 Å². The topological polar surface area (TPSA) is 79.4 Å². The normalized spacial score (nSPS) is 11.0. The minimum absolute atomic E-state index is 0.0606. The van der Waals surface area contributed by atoms with Gasteiger partial charge in [-0.15, -0.1) is 0 Å². The smallest absolute Gasteiger partial charge is 0.258 e. The van der Waals surface area contributed by atoms with Crippen LogP contribution in [0.4, 0.5) is 4.39 Å². The van der Waals surface area contributed by atoms with Crippen molar-refractivity contribution in [3.05, 3.63) is 83.7 Å². The van der Waals surface area contributed by atoms with Gasteiger partial charge in [-0.3, -0.25) is 0 Å². The number of rotatable bonds is 5. The van der Waals surface area contributed by atoms with Crippen molar-refractivity contribution in [2.45, 2.75) is 13.2 Å². The molecule has 5 nitrogen and oxygen atoms in total. The Morgan fingerprint density at radius 3 is 2.25 bits per heavy atom. The SMILES string of the molecule is OCc1ccc(-c2nc(-c3c(-c4ccccc4)ccc(CO)c3F)no2)cc1. The maximum atomic E-state index is 15.1. The van der Waals surface area contributed by atoms with Crippen LogP contribution >= 0.6 is 0 Å². The predicted octanol–water partition coefficient (Wildman–Crippen LogP) is 4.19. The van der Waals surface area contributed by atoms with Crippen LogP contribution in [0, 0.1) is 5.82 Å². The summed E-state index contributed by atoms with van der Waals surface area (Å²) in [6.45, 7) is -0.490. The number of hydrogen-bond donors (Lipinski definition) is 2. The van der Waals surface area contributed by atoms with E-state index >= 15 is 4.39 Å². The van der Waals surface area contributed by atoms with Crippen LogP contribution in [0.2, 0.25) is 0 Å². The van der Waals surface area contributed by atoms with Crippen molar-refractivity contribution in [2.24, 2.45) is 0 Å². The molecule has 28 heavy (non-hydrogen) atoms. The second-order valence-electron chi connectivity index (χ2n) is 6.26. The summed E-state index contributed by atoms with van der Waals surface area (Å²) in [5.74, 6) is -0.230. The van der Waals surface area contributed by atoms with Gasteiger partial charge in [-0.05, 0) is 28.8 Å². The van der Waals surface area contributed by atoms with E-state index in [1.807, 2.05) is 30.3 Å². The zero-order chi connectivity index (χ0) is 19.5. The monoisotopic (exact) mass is 376 g/mol. The highest BCUT2D eigenvalue weighted by Crippen LogP contribution is 2.35. The molecule has 1 heterocycles. The van der Waals surface area contributed by atoms with Gasteiger partial charge in [0.1, 0.15) is 5.82 Å². The van der Waals surface area contributed by atoms with Gasteiger partial charge in [0.2, 0.25) is 5.82 Å². The molecule has 0 amide bonds. The molecule has 2 N–H and O–H groups in total. The summed E-state index contributed by atoms with van der Waals surface area (Å²) in [6.07, 6.45) is 0. The maximum Gasteiger partial charge on any atom is 0.258 e. The first kappa shape index (κ1) is 18.0. The van der Waals surface area contributed by atoms with E-state index in [-0.39, 0.29) is 29.4 Å². The Hall–Kier alpha value is -3.35. The van der Waals surface area contributed by atoms with E-state index in [9.17, 15) is 5.11 Å². The van der Waals surface area contributed by atoms with Gasteiger partial charge in [0.15, 0.2) is 0 Å². The molecular formula is C22H17FN2O3. The third-order valence-corrected chi connectivity index (χ3v) is 4.51. The molecule has 0 aliphatic rings. The number of aliphatic hydroxyl groups excluding tert-OH is 2. The Morgan fingerprint density at radius 1 is 0.821 bits per heavy atom. The fourth-order valence-electron chi connectivity index (χ4n) is 3.01. The number of benzene rings is 3. The van der Waals surface area contributed by atoms with E-state index in [1.165, 1.54) is 0 Å². The summed E-state index contributed by atoms with van der Waals surface area (Å²) < 4.78 is 20.5. The average Bonchev–Trinajstić information content (AvgIpc) is 3.24. The minimum atomic E-state index is -0.577. The molecule has 0 radical (unpaired) electrons. The van der Waals surface area contributed by atoms with Crippen molar-refractivity contribution in [2.75, 3.05) is 0 Å². The molecule has 0 atom stereocenters. The third kappa shape index (κ3) is 3.31. The molecule has 0 unspecified atom stereocenters. The molecular weight excluding hydrogens is 359 g/mol. The predicted molar refractivity (Wildman–Crippen MR) is 102 cm³/mol. The van der Waals surface area contributed by atoms with E-state index in [1.54, 1.807) is 36.4 Å². The number of aliphatic hydroxyl groups is 2. The Balaban J connectivity index is 1.83. The lowest BCUT2D eigenvalue weighted by atomic mass is 9.96. The number of nitrogens with zero attached hydrogens (tertiary/aromatic N) is 2. The van der Waals surface area contributed by atoms with Crippen molar-refractivity contribution in [1.29, 1.82) is 0 Å². The molecule has 0 saturated heterocycles. The lowest BCUT2D eigenvalue weighted by molar-refractivity contribution is 0.276. The minimum Gasteiger partial charge on any atom is -0.392 e. The van der Waals surface area contributed by atoms with Crippen molar-refractivity contribution in [1.82, 2.24) is 10.1 Å². The van der Waals surface area contributed by atoms with Crippen LogP contribution in [0.1, 0.15) is 11.1 Å².